The van der Waals surface area contributed by atoms with E-state index in [0.717, 1.165) is 44.5 Å². The van der Waals surface area contributed by atoms with Crippen molar-refractivity contribution in [1.29, 1.82) is 0 Å². The topological polar surface area (TPSA) is 227 Å². The van der Waals surface area contributed by atoms with E-state index >= 15 is 0 Å². The number of nitro groups is 2. The summed E-state index contributed by atoms with van der Waals surface area (Å²) < 4.78 is 16.5. The Kier molecular flexibility index (Phi) is 14.6. The maximum Gasteiger partial charge on any atom is 0.407 e. The summed E-state index contributed by atoms with van der Waals surface area (Å²) in [6, 6.07) is 40.9. The number of esters is 1. The molecule has 6 aromatic carbocycles. The zero-order chi connectivity index (χ0) is 48.5. The van der Waals surface area contributed by atoms with Crippen LogP contribution in [0.1, 0.15) is 66.0 Å². The van der Waals surface area contributed by atoms with Gasteiger partial charge in [0.25, 0.3) is 11.4 Å². The summed E-state index contributed by atoms with van der Waals surface area (Å²) in [6.45, 7) is 5.39. The van der Waals surface area contributed by atoms with E-state index in [1.165, 1.54) is 36.4 Å². The molecule has 0 unspecified atom stereocenters. The maximum atomic E-state index is 12.9. The number of carbonyl (C=O) groups is 4. The Balaban J connectivity index is 0.000000203. The van der Waals surface area contributed by atoms with Crippen LogP contribution < -0.4 is 10.6 Å². The second-order valence-corrected chi connectivity index (χ2v) is 17.2. The van der Waals surface area contributed by atoms with Crippen molar-refractivity contribution in [3.05, 3.63) is 199 Å². The summed E-state index contributed by atoms with van der Waals surface area (Å²) in [5, 5.41) is 36.2. The lowest BCUT2D eigenvalue weighted by Crippen LogP contribution is -2.46. The van der Waals surface area contributed by atoms with E-state index in [1.807, 2.05) is 84.9 Å². The van der Waals surface area contributed by atoms with Gasteiger partial charge in [0.2, 0.25) is 0 Å². The standard InChI is InChI=1S/C28H28N2O6.C24H20N2O6/c1-28(2,3)36-26(31)25(16-18-12-14-19(15-13-18)30(33)34)29-27(32)35-17-24-22-10-6-4-8-20(22)21-9-5-7-11-23(21)24;27-23(28)22(13-15-9-11-16(12-10-15)26(30)31)25-24(29)32-14-21-19-7-3-1-5-17(19)18-6-2-4-8-20(18)21/h4-15,24-25H,16-17H2,1-3H3,(H,29,32);1-12,21-22H,13-14H2,(H,25,29)(H,27,28)/t25-;22-/m00/s1. The minimum absolute atomic E-state index is 0.0302. The molecule has 0 aliphatic heterocycles. The Hall–Kier alpha value is -8.40. The number of nitrogens with one attached hydrogen (secondary N) is 2. The number of carboxylic acids is 1. The van der Waals surface area contributed by atoms with Crippen molar-refractivity contribution in [1.82, 2.24) is 10.6 Å². The highest BCUT2D eigenvalue weighted by Gasteiger charge is 2.33. The average Bonchev–Trinajstić information content (AvgIpc) is 3.81. The van der Waals surface area contributed by atoms with Gasteiger partial charge in [0.05, 0.1) is 9.85 Å². The zero-order valence-corrected chi connectivity index (χ0v) is 37.3. The van der Waals surface area contributed by atoms with Gasteiger partial charge in [-0.05, 0) is 76.4 Å². The second kappa shape index (κ2) is 20.8. The summed E-state index contributed by atoms with van der Waals surface area (Å²) in [6.07, 6.45) is -1.51. The van der Waals surface area contributed by atoms with Gasteiger partial charge in [-0.2, -0.15) is 0 Å². The summed E-state index contributed by atoms with van der Waals surface area (Å²) in [5.41, 5.74) is 8.98. The summed E-state index contributed by atoms with van der Waals surface area (Å²) in [7, 11) is 0. The maximum absolute atomic E-state index is 12.9. The number of aliphatic carboxylic acids is 1. The molecule has 8 rings (SSSR count). The van der Waals surface area contributed by atoms with E-state index in [0.29, 0.717) is 11.1 Å². The van der Waals surface area contributed by atoms with Crippen LogP contribution in [-0.4, -0.2) is 70.0 Å². The molecule has 2 atom stereocenters. The van der Waals surface area contributed by atoms with Gasteiger partial charge in [0.15, 0.2) is 0 Å². The van der Waals surface area contributed by atoms with Crippen molar-refractivity contribution in [3.8, 4) is 22.3 Å². The van der Waals surface area contributed by atoms with Crippen molar-refractivity contribution in [2.45, 2.75) is 63.1 Å². The van der Waals surface area contributed by atoms with E-state index in [9.17, 15) is 44.5 Å². The van der Waals surface area contributed by atoms with Crippen molar-refractivity contribution >= 4 is 35.5 Å². The molecule has 2 aliphatic carbocycles. The van der Waals surface area contributed by atoms with Gasteiger partial charge in [-0.3, -0.25) is 20.2 Å². The number of nitrogens with zero attached hydrogens (tertiary/aromatic N) is 2. The molecular formula is C52H48N4O12. The normalized spacial score (nSPS) is 13.2. The second-order valence-electron chi connectivity index (χ2n) is 17.2. The third kappa shape index (κ3) is 11.5. The number of ether oxygens (including phenoxy) is 3. The van der Waals surface area contributed by atoms with Crippen molar-refractivity contribution in [3.63, 3.8) is 0 Å². The highest BCUT2D eigenvalue weighted by Crippen LogP contribution is 2.45. The van der Waals surface area contributed by atoms with Gasteiger partial charge >= 0.3 is 24.1 Å². The molecule has 0 fully saturated rings. The summed E-state index contributed by atoms with van der Waals surface area (Å²) in [4.78, 5) is 70.3. The predicted molar refractivity (Wildman–Crippen MR) is 251 cm³/mol. The van der Waals surface area contributed by atoms with Crippen LogP contribution in [-0.2, 0) is 36.6 Å². The number of rotatable bonds is 14. The first kappa shape index (κ1) is 47.6. The van der Waals surface area contributed by atoms with E-state index in [4.69, 9.17) is 14.2 Å². The number of carboxylic acid groups (broad SMARTS) is 1. The number of benzene rings is 6. The van der Waals surface area contributed by atoms with Gasteiger partial charge in [0, 0.05) is 48.9 Å². The molecular weight excluding hydrogens is 873 g/mol. The molecule has 68 heavy (non-hydrogen) atoms. The molecule has 0 spiro atoms. The van der Waals surface area contributed by atoms with Gasteiger partial charge in [0.1, 0.15) is 30.9 Å². The quantitative estimate of drug-likeness (QED) is 0.0402. The van der Waals surface area contributed by atoms with Gasteiger partial charge < -0.3 is 30.0 Å². The Morgan fingerprint density at radius 2 is 0.868 bits per heavy atom. The minimum atomic E-state index is -1.23. The van der Waals surface area contributed by atoms with Crippen LogP contribution in [0.5, 0.6) is 0 Å². The smallest absolute Gasteiger partial charge is 0.407 e. The number of amides is 2. The lowest BCUT2D eigenvalue weighted by Gasteiger charge is -2.25. The van der Waals surface area contributed by atoms with Gasteiger partial charge in [-0.25, -0.2) is 19.2 Å². The lowest BCUT2D eigenvalue weighted by atomic mass is 9.98. The number of hydrogen-bond acceptors (Lipinski definition) is 11. The molecule has 0 aromatic heterocycles. The SMILES string of the molecule is CC(C)(C)OC(=O)[C@H](Cc1ccc([N+](=O)[O-])cc1)NC(=O)OCC1c2ccccc2-c2ccccc21.O=C(N[C@@H](Cc1ccc([N+](=O)[O-])cc1)C(=O)O)OCC1c2ccccc2-c2ccccc21. The number of nitro benzene ring substituents is 2. The van der Waals surface area contributed by atoms with Crippen LogP contribution in [0.15, 0.2) is 146 Å². The largest absolute Gasteiger partial charge is 0.480 e. The Morgan fingerprint density at radius 1 is 0.544 bits per heavy atom. The Bertz CT molecular complexity index is 2750. The molecule has 0 radical (unpaired) electrons. The highest BCUT2D eigenvalue weighted by molar-refractivity contribution is 5.83. The highest BCUT2D eigenvalue weighted by atomic mass is 16.6. The van der Waals surface area contributed by atoms with E-state index in [2.05, 4.69) is 22.8 Å². The van der Waals surface area contributed by atoms with Crippen LogP contribution in [0.2, 0.25) is 0 Å². The van der Waals surface area contributed by atoms with E-state index < -0.39 is 51.7 Å². The summed E-state index contributed by atoms with van der Waals surface area (Å²) >= 11 is 0. The molecule has 2 aliphatic rings. The first-order valence-corrected chi connectivity index (χ1v) is 21.7. The van der Waals surface area contributed by atoms with Crippen LogP contribution in [0.3, 0.4) is 0 Å². The molecule has 3 N–H and O–H groups in total. The van der Waals surface area contributed by atoms with Crippen LogP contribution >= 0.6 is 0 Å². The molecule has 2 amide bonds. The van der Waals surface area contributed by atoms with Crippen LogP contribution in [0, 0.1) is 20.2 Å². The number of carbonyl (C=O) groups excluding carboxylic acids is 3. The molecule has 0 saturated heterocycles. The molecule has 0 heterocycles. The fraction of sp³-hybridized carbons (Fsp3) is 0.231. The number of hydrogen-bond donors (Lipinski definition) is 3. The molecule has 6 aromatic rings. The first-order chi connectivity index (χ1) is 32.6. The Labute approximate surface area is 391 Å². The minimum Gasteiger partial charge on any atom is -0.480 e. The summed E-state index contributed by atoms with van der Waals surface area (Å²) in [5.74, 6) is -2.09. The Morgan fingerprint density at radius 3 is 1.19 bits per heavy atom. The van der Waals surface area contributed by atoms with Crippen LogP contribution in [0.25, 0.3) is 22.3 Å². The molecule has 348 valence electrons. The van der Waals surface area contributed by atoms with E-state index in [-0.39, 0.29) is 49.3 Å². The average molecular weight is 921 g/mol. The molecule has 16 nitrogen and oxygen atoms in total. The molecule has 0 saturated carbocycles. The van der Waals surface area contributed by atoms with Gasteiger partial charge in [-0.15, -0.1) is 0 Å². The fourth-order valence-electron chi connectivity index (χ4n) is 8.31. The zero-order valence-electron chi connectivity index (χ0n) is 37.3. The van der Waals surface area contributed by atoms with Crippen LogP contribution in [0.4, 0.5) is 21.0 Å². The third-order valence-electron chi connectivity index (χ3n) is 11.4. The number of non-ortho nitro benzene ring substituents is 2. The van der Waals surface area contributed by atoms with E-state index in [1.54, 1.807) is 32.9 Å². The predicted octanol–water partition coefficient (Wildman–Crippen LogP) is 9.52. The van der Waals surface area contributed by atoms with Gasteiger partial charge in [-0.1, -0.05) is 121 Å². The number of fused-ring (bicyclic) bond motifs is 6. The first-order valence-electron chi connectivity index (χ1n) is 21.7. The van der Waals surface area contributed by atoms with Crippen molar-refractivity contribution in [2.24, 2.45) is 0 Å². The third-order valence-corrected chi connectivity index (χ3v) is 11.4. The lowest BCUT2D eigenvalue weighted by molar-refractivity contribution is -0.385. The van der Waals surface area contributed by atoms with Crippen molar-refractivity contribution < 1.29 is 48.3 Å². The van der Waals surface area contributed by atoms with Crippen molar-refractivity contribution in [2.75, 3.05) is 13.2 Å². The molecule has 0 bridgehead atoms. The molecule has 16 heteroatoms. The monoisotopic (exact) mass is 920 g/mol. The fourth-order valence-corrected chi connectivity index (χ4v) is 8.31. The number of alkyl carbamates (subject to hydrolysis) is 2.